The largest absolute Gasteiger partial charge is 0.230 e. The first-order valence-electron chi connectivity index (χ1n) is 13.6. The second kappa shape index (κ2) is 8.13. The molecule has 9 unspecified atom stereocenters. The minimum Gasteiger partial charge on any atom is -0.230 e. The minimum atomic E-state index is 0.533. The van der Waals surface area contributed by atoms with Gasteiger partial charge in [0.15, 0.2) is 0 Å². The minimum absolute atomic E-state index is 0.533. The van der Waals surface area contributed by atoms with Crippen LogP contribution in [0.5, 0.6) is 0 Å². The molecule has 4 aliphatic rings. The van der Waals surface area contributed by atoms with E-state index in [1.54, 1.807) is 6.42 Å². The number of aryl methyl sites for hydroxylation is 1. The van der Waals surface area contributed by atoms with Gasteiger partial charge in [0.05, 0.1) is 0 Å². The summed E-state index contributed by atoms with van der Waals surface area (Å²) in [6, 6.07) is 0. The monoisotopic (exact) mass is 426 g/mol. The molecule has 0 bridgehead atoms. The molecule has 1 heterocycles. The van der Waals surface area contributed by atoms with Gasteiger partial charge in [-0.25, -0.2) is 4.68 Å². The third-order valence-electron chi connectivity index (χ3n) is 11.4. The summed E-state index contributed by atoms with van der Waals surface area (Å²) < 4.78 is 2.04. The van der Waals surface area contributed by atoms with Crippen LogP contribution >= 0.6 is 0 Å². The highest BCUT2D eigenvalue weighted by atomic mass is 15.5. The van der Waals surface area contributed by atoms with Gasteiger partial charge in [-0.05, 0) is 127 Å². The first-order chi connectivity index (χ1) is 14.9. The molecule has 0 aliphatic heterocycles. The SMILES string of the molecule is CCCC1CCC2(C)C(CCC3C2CCC2(C)C(C(C)Cn4nnnc4C)CCC32)C1. The molecule has 4 aliphatic carbocycles. The van der Waals surface area contributed by atoms with Gasteiger partial charge in [0, 0.05) is 6.54 Å². The normalized spacial score (nSPS) is 45.6. The molecule has 0 radical (unpaired) electrons. The third-order valence-corrected chi connectivity index (χ3v) is 11.4. The fourth-order valence-electron chi connectivity index (χ4n) is 9.81. The van der Waals surface area contributed by atoms with Crippen molar-refractivity contribution in [2.24, 2.45) is 52.3 Å². The lowest BCUT2D eigenvalue weighted by molar-refractivity contribution is -0.121. The van der Waals surface area contributed by atoms with E-state index in [4.69, 9.17) is 0 Å². The lowest BCUT2D eigenvalue weighted by Gasteiger charge is -2.61. The molecule has 4 saturated carbocycles. The second-order valence-electron chi connectivity index (χ2n) is 12.7. The molecule has 4 fully saturated rings. The Bertz CT molecular complexity index is 773. The van der Waals surface area contributed by atoms with Gasteiger partial charge in [0.2, 0.25) is 0 Å². The Kier molecular flexibility index (Phi) is 5.74. The molecule has 4 heteroatoms. The van der Waals surface area contributed by atoms with E-state index in [1.807, 2.05) is 11.6 Å². The number of fused-ring (bicyclic) bond motifs is 5. The van der Waals surface area contributed by atoms with Crippen molar-refractivity contribution in [3.8, 4) is 0 Å². The molecule has 5 rings (SSSR count). The van der Waals surface area contributed by atoms with Gasteiger partial charge >= 0.3 is 0 Å². The maximum Gasteiger partial charge on any atom is 0.148 e. The summed E-state index contributed by atoms with van der Waals surface area (Å²) in [6.45, 7) is 13.3. The van der Waals surface area contributed by atoms with Crippen molar-refractivity contribution in [3.05, 3.63) is 5.82 Å². The standard InChI is InChI=1S/C27H46N4/c1-6-7-20-12-14-26(4)21(16-20)8-9-22-24-11-10-23(27(24,5)15-13-25(22)26)18(2)17-31-19(3)28-29-30-31/h18,20-25H,6-17H2,1-5H3. The van der Waals surface area contributed by atoms with E-state index in [0.717, 1.165) is 47.9 Å². The van der Waals surface area contributed by atoms with Crippen molar-refractivity contribution in [3.63, 3.8) is 0 Å². The van der Waals surface area contributed by atoms with E-state index in [0.29, 0.717) is 16.7 Å². The summed E-state index contributed by atoms with van der Waals surface area (Å²) in [4.78, 5) is 0. The topological polar surface area (TPSA) is 43.6 Å². The average Bonchev–Trinajstić information content (AvgIpc) is 3.31. The smallest absolute Gasteiger partial charge is 0.148 e. The van der Waals surface area contributed by atoms with Crippen molar-refractivity contribution in [1.29, 1.82) is 0 Å². The molecule has 9 atom stereocenters. The maximum atomic E-state index is 4.25. The first-order valence-corrected chi connectivity index (χ1v) is 13.6. The number of aromatic nitrogens is 4. The number of hydrogen-bond acceptors (Lipinski definition) is 3. The van der Waals surface area contributed by atoms with Crippen molar-refractivity contribution in [2.75, 3.05) is 0 Å². The lowest BCUT2D eigenvalue weighted by atomic mass is 9.44. The molecular formula is C27H46N4. The zero-order valence-corrected chi connectivity index (χ0v) is 20.8. The number of nitrogens with zero attached hydrogens (tertiary/aromatic N) is 4. The summed E-state index contributed by atoms with van der Waals surface area (Å²) in [5, 5.41) is 12.2. The van der Waals surface area contributed by atoms with Crippen molar-refractivity contribution in [2.45, 2.75) is 112 Å². The third kappa shape index (κ3) is 3.50. The molecule has 4 nitrogen and oxygen atoms in total. The summed E-state index contributed by atoms with van der Waals surface area (Å²) >= 11 is 0. The van der Waals surface area contributed by atoms with Crippen LogP contribution in [0.4, 0.5) is 0 Å². The second-order valence-corrected chi connectivity index (χ2v) is 12.7. The highest BCUT2D eigenvalue weighted by molar-refractivity contribution is 5.09. The van der Waals surface area contributed by atoms with Crippen LogP contribution in [0.15, 0.2) is 0 Å². The molecule has 31 heavy (non-hydrogen) atoms. The molecule has 0 amide bonds. The van der Waals surface area contributed by atoms with Crippen LogP contribution in [0.2, 0.25) is 0 Å². The van der Waals surface area contributed by atoms with E-state index >= 15 is 0 Å². The van der Waals surface area contributed by atoms with Gasteiger partial charge in [0.1, 0.15) is 5.82 Å². The highest BCUT2D eigenvalue weighted by Gasteiger charge is 2.60. The first kappa shape index (κ1) is 21.9. The summed E-state index contributed by atoms with van der Waals surface area (Å²) in [6.07, 6.45) is 16.3. The molecule has 0 aromatic carbocycles. The van der Waals surface area contributed by atoms with Gasteiger partial charge in [0.25, 0.3) is 0 Å². The Morgan fingerprint density at radius 1 is 1.00 bits per heavy atom. The van der Waals surface area contributed by atoms with E-state index in [1.165, 1.54) is 64.2 Å². The fourth-order valence-corrected chi connectivity index (χ4v) is 9.81. The zero-order chi connectivity index (χ0) is 21.8. The van der Waals surface area contributed by atoms with E-state index < -0.39 is 0 Å². The Morgan fingerprint density at radius 2 is 1.77 bits per heavy atom. The van der Waals surface area contributed by atoms with Gasteiger partial charge < -0.3 is 0 Å². The summed E-state index contributed by atoms with van der Waals surface area (Å²) in [7, 11) is 0. The van der Waals surface area contributed by atoms with Gasteiger partial charge in [-0.3, -0.25) is 0 Å². The Hall–Kier alpha value is -0.930. The molecule has 0 N–H and O–H groups in total. The van der Waals surface area contributed by atoms with Crippen LogP contribution in [0.3, 0.4) is 0 Å². The summed E-state index contributed by atoms with van der Waals surface area (Å²) in [5.74, 6) is 7.44. The average molecular weight is 427 g/mol. The number of hydrogen-bond donors (Lipinski definition) is 0. The molecule has 0 saturated heterocycles. The van der Waals surface area contributed by atoms with Crippen LogP contribution in [-0.4, -0.2) is 20.2 Å². The van der Waals surface area contributed by atoms with Crippen LogP contribution in [-0.2, 0) is 6.54 Å². The van der Waals surface area contributed by atoms with Crippen molar-refractivity contribution >= 4 is 0 Å². The predicted octanol–water partition coefficient (Wildman–Crippen LogP) is 6.69. The zero-order valence-electron chi connectivity index (χ0n) is 20.8. The quantitative estimate of drug-likeness (QED) is 0.526. The van der Waals surface area contributed by atoms with Gasteiger partial charge in [-0.15, -0.1) is 5.10 Å². The van der Waals surface area contributed by atoms with E-state index in [9.17, 15) is 0 Å². The number of rotatable bonds is 5. The number of tetrazole rings is 1. The maximum absolute atomic E-state index is 4.25. The molecular weight excluding hydrogens is 380 g/mol. The van der Waals surface area contributed by atoms with E-state index in [2.05, 4.69) is 43.2 Å². The summed E-state index contributed by atoms with van der Waals surface area (Å²) in [5.41, 5.74) is 1.17. The molecule has 0 spiro atoms. The van der Waals surface area contributed by atoms with Crippen LogP contribution in [0, 0.1) is 59.2 Å². The van der Waals surface area contributed by atoms with Gasteiger partial charge in [-0.1, -0.05) is 40.5 Å². The van der Waals surface area contributed by atoms with Crippen LogP contribution < -0.4 is 0 Å². The molecule has 1 aromatic rings. The highest BCUT2D eigenvalue weighted by Crippen LogP contribution is 2.68. The molecule has 1 aromatic heterocycles. The Balaban J connectivity index is 1.31. The Labute approximate surface area is 190 Å². The van der Waals surface area contributed by atoms with Crippen LogP contribution in [0.25, 0.3) is 0 Å². The van der Waals surface area contributed by atoms with Gasteiger partial charge in [-0.2, -0.15) is 0 Å². The lowest BCUT2D eigenvalue weighted by Crippen LogP contribution is -2.53. The molecule has 174 valence electrons. The fraction of sp³-hybridized carbons (Fsp3) is 0.963. The van der Waals surface area contributed by atoms with Crippen LogP contribution in [0.1, 0.15) is 104 Å². The predicted molar refractivity (Wildman–Crippen MR) is 125 cm³/mol. The van der Waals surface area contributed by atoms with Crippen molar-refractivity contribution < 1.29 is 0 Å². The van der Waals surface area contributed by atoms with Crippen molar-refractivity contribution in [1.82, 2.24) is 20.2 Å². The Morgan fingerprint density at radius 3 is 2.52 bits per heavy atom. The van der Waals surface area contributed by atoms with E-state index in [-0.39, 0.29) is 0 Å².